The summed E-state index contributed by atoms with van der Waals surface area (Å²) in [5.41, 5.74) is 2.15. The van der Waals surface area contributed by atoms with Gasteiger partial charge in [-0.05, 0) is 25.1 Å². The SMILES string of the molecule is C=C(NC(=Nc1ccc(N)cc1C(F)(F)F)N(C)CC)C(F)(F)F. The summed E-state index contributed by atoms with van der Waals surface area (Å²) < 4.78 is 77.0. The lowest BCUT2D eigenvalue weighted by atomic mass is 10.1. The topological polar surface area (TPSA) is 53.6 Å². The van der Waals surface area contributed by atoms with Crippen LogP contribution in [0.5, 0.6) is 0 Å². The molecule has 0 aliphatic carbocycles. The number of halogens is 6. The zero-order chi connectivity index (χ0) is 18.7. The highest BCUT2D eigenvalue weighted by molar-refractivity contribution is 5.84. The number of nitrogens with two attached hydrogens (primary N) is 1. The fourth-order valence-corrected chi connectivity index (χ4v) is 1.56. The Morgan fingerprint density at radius 3 is 2.29 bits per heavy atom. The van der Waals surface area contributed by atoms with Gasteiger partial charge in [0.2, 0.25) is 5.96 Å². The van der Waals surface area contributed by atoms with Crippen molar-refractivity contribution in [2.24, 2.45) is 4.99 Å². The number of anilines is 1. The Balaban J connectivity index is 3.37. The molecule has 0 fully saturated rings. The van der Waals surface area contributed by atoms with E-state index in [1.807, 2.05) is 5.32 Å². The number of aliphatic imine (C=N–C) groups is 1. The van der Waals surface area contributed by atoms with Crippen molar-refractivity contribution in [3.63, 3.8) is 0 Å². The minimum atomic E-state index is -4.76. The second kappa shape index (κ2) is 7.02. The molecule has 134 valence electrons. The maximum atomic E-state index is 13.1. The molecule has 0 heterocycles. The molecule has 0 saturated heterocycles. The van der Waals surface area contributed by atoms with Crippen LogP contribution >= 0.6 is 0 Å². The second-order valence-corrected chi connectivity index (χ2v) is 4.83. The van der Waals surface area contributed by atoms with Gasteiger partial charge < -0.3 is 16.0 Å². The maximum Gasteiger partial charge on any atom is 0.430 e. The molecule has 1 aromatic carbocycles. The van der Waals surface area contributed by atoms with Crippen LogP contribution in [-0.2, 0) is 6.18 Å². The summed E-state index contributed by atoms with van der Waals surface area (Å²) >= 11 is 0. The Hall–Kier alpha value is -2.39. The molecule has 1 rings (SSSR count). The summed E-state index contributed by atoms with van der Waals surface area (Å²) in [5, 5.41) is 1.91. The molecule has 0 aliphatic heterocycles. The molecular weight excluding hydrogens is 338 g/mol. The first-order valence-electron chi connectivity index (χ1n) is 6.66. The smallest absolute Gasteiger partial charge is 0.399 e. The van der Waals surface area contributed by atoms with E-state index in [1.165, 1.54) is 18.0 Å². The van der Waals surface area contributed by atoms with Crippen LogP contribution < -0.4 is 11.1 Å². The van der Waals surface area contributed by atoms with Crippen LogP contribution in [0, 0.1) is 0 Å². The third-order valence-corrected chi connectivity index (χ3v) is 2.99. The van der Waals surface area contributed by atoms with Crippen molar-refractivity contribution in [1.29, 1.82) is 0 Å². The highest BCUT2D eigenvalue weighted by Crippen LogP contribution is 2.37. The van der Waals surface area contributed by atoms with Crippen molar-refractivity contribution in [1.82, 2.24) is 10.2 Å². The molecule has 24 heavy (non-hydrogen) atoms. The Morgan fingerprint density at radius 2 is 1.83 bits per heavy atom. The normalized spacial score (nSPS) is 12.9. The number of nitrogen functional groups attached to an aromatic ring is 1. The van der Waals surface area contributed by atoms with E-state index in [2.05, 4.69) is 11.6 Å². The molecule has 0 amide bonds. The molecule has 0 aromatic heterocycles. The van der Waals surface area contributed by atoms with Gasteiger partial charge >= 0.3 is 12.4 Å². The van der Waals surface area contributed by atoms with Gasteiger partial charge in [0.15, 0.2) is 0 Å². The van der Waals surface area contributed by atoms with E-state index in [1.54, 1.807) is 6.92 Å². The number of rotatable bonds is 3. The van der Waals surface area contributed by atoms with E-state index in [0.29, 0.717) is 6.07 Å². The summed E-state index contributed by atoms with van der Waals surface area (Å²) in [7, 11) is 1.38. The van der Waals surface area contributed by atoms with E-state index in [9.17, 15) is 26.3 Å². The van der Waals surface area contributed by atoms with E-state index in [4.69, 9.17) is 5.73 Å². The maximum absolute atomic E-state index is 13.1. The number of alkyl halides is 6. The number of benzene rings is 1. The molecule has 0 unspecified atom stereocenters. The molecular formula is C14H16F6N4. The summed E-state index contributed by atoms with van der Waals surface area (Å²) in [4.78, 5) is 4.90. The number of nitrogens with zero attached hydrogens (tertiary/aromatic N) is 2. The highest BCUT2D eigenvalue weighted by Gasteiger charge is 2.35. The average Bonchev–Trinajstić information content (AvgIpc) is 2.45. The van der Waals surface area contributed by atoms with E-state index in [0.717, 1.165) is 6.07 Å². The van der Waals surface area contributed by atoms with Crippen molar-refractivity contribution in [2.75, 3.05) is 19.3 Å². The third-order valence-electron chi connectivity index (χ3n) is 2.99. The Kier molecular flexibility index (Phi) is 5.75. The van der Waals surface area contributed by atoms with Crippen LogP contribution in [0.4, 0.5) is 37.7 Å². The molecule has 10 heteroatoms. The Labute approximate surface area is 134 Å². The quantitative estimate of drug-likeness (QED) is 0.375. The van der Waals surface area contributed by atoms with Crippen LogP contribution in [-0.4, -0.2) is 30.6 Å². The van der Waals surface area contributed by atoms with Gasteiger partial charge in [-0.3, -0.25) is 0 Å². The van der Waals surface area contributed by atoms with E-state index < -0.39 is 35.3 Å². The van der Waals surface area contributed by atoms with Crippen LogP contribution in [0.25, 0.3) is 0 Å². The van der Waals surface area contributed by atoms with Gasteiger partial charge in [-0.15, -0.1) is 0 Å². The van der Waals surface area contributed by atoms with Gasteiger partial charge in [0.1, 0.15) is 5.70 Å². The van der Waals surface area contributed by atoms with Gasteiger partial charge in [0.05, 0.1) is 11.3 Å². The van der Waals surface area contributed by atoms with Crippen LogP contribution in [0.1, 0.15) is 12.5 Å². The molecule has 0 spiro atoms. The van der Waals surface area contributed by atoms with Crippen LogP contribution in [0.2, 0.25) is 0 Å². The number of allylic oxidation sites excluding steroid dienone is 1. The molecule has 4 nitrogen and oxygen atoms in total. The second-order valence-electron chi connectivity index (χ2n) is 4.83. The van der Waals surface area contributed by atoms with Crippen LogP contribution in [0.15, 0.2) is 35.5 Å². The number of hydrogen-bond acceptors (Lipinski definition) is 2. The van der Waals surface area contributed by atoms with Crippen molar-refractivity contribution >= 4 is 17.3 Å². The standard InChI is InChI=1S/C14H16F6N4/c1-4-24(3)12(22-8(2)13(15,16)17)23-11-6-5-9(21)7-10(11)14(18,19)20/h5-7H,2,4,21H2,1,3H3,(H,22,23). The van der Waals surface area contributed by atoms with Crippen LogP contribution in [0.3, 0.4) is 0 Å². The first-order valence-corrected chi connectivity index (χ1v) is 6.66. The Morgan fingerprint density at radius 1 is 1.25 bits per heavy atom. The lowest BCUT2D eigenvalue weighted by Crippen LogP contribution is -2.41. The first kappa shape index (κ1) is 19.7. The zero-order valence-electron chi connectivity index (χ0n) is 12.9. The fourth-order valence-electron chi connectivity index (χ4n) is 1.56. The minimum Gasteiger partial charge on any atom is -0.399 e. The molecule has 0 aliphatic rings. The molecule has 0 bridgehead atoms. The third kappa shape index (κ3) is 5.07. The average molecular weight is 354 g/mol. The first-order chi connectivity index (χ1) is 10.9. The summed E-state index contributed by atoms with van der Waals surface area (Å²) in [6, 6.07) is 2.83. The van der Waals surface area contributed by atoms with Gasteiger partial charge in [-0.1, -0.05) is 6.58 Å². The van der Waals surface area contributed by atoms with E-state index in [-0.39, 0.29) is 12.2 Å². The molecule has 3 N–H and O–H groups in total. The predicted octanol–water partition coefficient (Wildman–Crippen LogP) is 3.89. The van der Waals surface area contributed by atoms with Gasteiger partial charge in [0, 0.05) is 19.3 Å². The summed E-state index contributed by atoms with van der Waals surface area (Å²) in [6.07, 6.45) is -9.52. The van der Waals surface area contributed by atoms with Crippen molar-refractivity contribution in [2.45, 2.75) is 19.3 Å². The monoisotopic (exact) mass is 354 g/mol. The van der Waals surface area contributed by atoms with Gasteiger partial charge in [-0.25, -0.2) is 4.99 Å². The van der Waals surface area contributed by atoms with Crippen molar-refractivity contribution < 1.29 is 26.3 Å². The van der Waals surface area contributed by atoms with Crippen molar-refractivity contribution in [3.8, 4) is 0 Å². The fraction of sp³-hybridized carbons (Fsp3) is 0.357. The molecule has 0 radical (unpaired) electrons. The molecule has 1 aromatic rings. The Bertz CT molecular complexity index is 633. The summed E-state index contributed by atoms with van der Waals surface area (Å²) in [5.74, 6) is -0.421. The molecule has 0 saturated carbocycles. The lowest BCUT2D eigenvalue weighted by molar-refractivity contribution is -0.137. The minimum absolute atomic E-state index is 0.140. The summed E-state index contributed by atoms with van der Waals surface area (Å²) in [6.45, 7) is 4.62. The van der Waals surface area contributed by atoms with Crippen molar-refractivity contribution in [3.05, 3.63) is 36.0 Å². The number of guanidine groups is 1. The number of nitrogens with one attached hydrogen (secondary N) is 1. The molecule has 0 atom stereocenters. The van der Waals surface area contributed by atoms with E-state index >= 15 is 0 Å². The largest absolute Gasteiger partial charge is 0.430 e. The number of hydrogen-bond donors (Lipinski definition) is 2. The zero-order valence-corrected chi connectivity index (χ0v) is 12.9. The highest BCUT2D eigenvalue weighted by atomic mass is 19.4. The van der Waals surface area contributed by atoms with Gasteiger partial charge in [0.25, 0.3) is 0 Å². The predicted molar refractivity (Wildman–Crippen MR) is 79.6 cm³/mol. The van der Waals surface area contributed by atoms with Gasteiger partial charge in [-0.2, -0.15) is 26.3 Å². The lowest BCUT2D eigenvalue weighted by Gasteiger charge is -2.23.